The van der Waals surface area contributed by atoms with Gasteiger partial charge in [0.1, 0.15) is 5.82 Å². The van der Waals surface area contributed by atoms with Gasteiger partial charge in [-0.25, -0.2) is 9.97 Å². The van der Waals surface area contributed by atoms with Crippen LogP contribution in [0, 0.1) is 0 Å². The highest BCUT2D eigenvalue weighted by Crippen LogP contribution is 2.31. The fourth-order valence-corrected chi connectivity index (χ4v) is 4.22. The standard InChI is InChI=1S/C15H16N4OS2/c1-10(14(20)17-9-13-16-7-8-19(13)2)21-15-18-11-5-3-4-6-12(11)22-15/h3-8,10H,9H2,1-2H3,(H,17,20)/t10-/m0/s1. The number of hydrogen-bond donors (Lipinski definition) is 1. The van der Waals surface area contributed by atoms with Crippen molar-refractivity contribution >= 4 is 39.2 Å². The lowest BCUT2D eigenvalue weighted by atomic mass is 10.3. The van der Waals surface area contributed by atoms with Gasteiger partial charge in [0.25, 0.3) is 0 Å². The lowest BCUT2D eigenvalue weighted by molar-refractivity contribution is -0.120. The zero-order valence-electron chi connectivity index (χ0n) is 12.3. The monoisotopic (exact) mass is 332 g/mol. The number of thioether (sulfide) groups is 1. The summed E-state index contributed by atoms with van der Waals surface area (Å²) < 4.78 is 3.96. The van der Waals surface area contributed by atoms with Gasteiger partial charge in [0.15, 0.2) is 4.34 Å². The van der Waals surface area contributed by atoms with E-state index in [0.717, 1.165) is 20.4 Å². The molecule has 1 aromatic carbocycles. The van der Waals surface area contributed by atoms with Crippen LogP contribution in [0.25, 0.3) is 10.2 Å². The number of nitrogens with zero attached hydrogens (tertiary/aromatic N) is 3. The second-order valence-electron chi connectivity index (χ2n) is 4.88. The molecule has 1 amide bonds. The van der Waals surface area contributed by atoms with Crippen molar-refractivity contribution < 1.29 is 4.79 Å². The number of thiazole rings is 1. The predicted octanol–water partition coefficient (Wildman–Crippen LogP) is 2.83. The lowest BCUT2D eigenvalue weighted by Gasteiger charge is -2.10. The van der Waals surface area contributed by atoms with Crippen molar-refractivity contribution in [3.63, 3.8) is 0 Å². The van der Waals surface area contributed by atoms with Crippen molar-refractivity contribution in [2.45, 2.75) is 23.1 Å². The van der Waals surface area contributed by atoms with Crippen LogP contribution in [0.5, 0.6) is 0 Å². The first-order chi connectivity index (χ1) is 10.6. The molecule has 0 saturated heterocycles. The highest BCUT2D eigenvalue weighted by molar-refractivity contribution is 8.02. The van der Waals surface area contributed by atoms with E-state index in [1.807, 2.05) is 49.0 Å². The normalized spacial score (nSPS) is 12.5. The number of aromatic nitrogens is 3. The molecule has 0 bridgehead atoms. The smallest absolute Gasteiger partial charge is 0.233 e. The molecule has 0 radical (unpaired) electrons. The van der Waals surface area contributed by atoms with Gasteiger partial charge in [0, 0.05) is 19.4 Å². The number of fused-ring (bicyclic) bond motifs is 1. The number of rotatable bonds is 5. The van der Waals surface area contributed by atoms with Crippen LogP contribution in [0.4, 0.5) is 0 Å². The van der Waals surface area contributed by atoms with Crippen molar-refractivity contribution in [3.05, 3.63) is 42.5 Å². The van der Waals surface area contributed by atoms with Crippen molar-refractivity contribution in [2.75, 3.05) is 0 Å². The Morgan fingerprint density at radius 3 is 3.00 bits per heavy atom. The molecular formula is C15H16N4OS2. The Morgan fingerprint density at radius 1 is 1.45 bits per heavy atom. The number of hydrogen-bond acceptors (Lipinski definition) is 5. The van der Waals surface area contributed by atoms with Gasteiger partial charge in [0.05, 0.1) is 22.0 Å². The molecule has 0 fully saturated rings. The highest BCUT2D eigenvalue weighted by Gasteiger charge is 2.17. The molecule has 2 heterocycles. The summed E-state index contributed by atoms with van der Waals surface area (Å²) in [6.45, 7) is 2.33. The number of para-hydroxylation sites is 1. The fraction of sp³-hybridized carbons (Fsp3) is 0.267. The van der Waals surface area contributed by atoms with Crippen LogP contribution in [0.15, 0.2) is 41.0 Å². The zero-order chi connectivity index (χ0) is 15.5. The average molecular weight is 332 g/mol. The summed E-state index contributed by atoms with van der Waals surface area (Å²) >= 11 is 3.10. The minimum Gasteiger partial charge on any atom is -0.348 e. The Bertz CT molecular complexity index is 763. The van der Waals surface area contributed by atoms with Crippen molar-refractivity contribution in [1.29, 1.82) is 0 Å². The summed E-state index contributed by atoms with van der Waals surface area (Å²) in [7, 11) is 1.91. The van der Waals surface area contributed by atoms with Crippen LogP contribution in [0.3, 0.4) is 0 Å². The summed E-state index contributed by atoms with van der Waals surface area (Å²) in [4.78, 5) is 20.9. The van der Waals surface area contributed by atoms with Gasteiger partial charge in [-0.05, 0) is 19.1 Å². The molecule has 3 rings (SSSR count). The summed E-state index contributed by atoms with van der Waals surface area (Å²) in [6, 6.07) is 8.00. The Hall–Kier alpha value is -1.86. The van der Waals surface area contributed by atoms with Gasteiger partial charge in [-0.3, -0.25) is 4.79 Å². The summed E-state index contributed by atoms with van der Waals surface area (Å²) in [5.74, 6) is 0.831. The number of imidazole rings is 1. The molecule has 0 aliphatic carbocycles. The third-order valence-corrected chi connectivity index (χ3v) is 5.49. The number of carbonyl (C=O) groups excluding carboxylic acids is 1. The minimum absolute atomic E-state index is 0.00717. The summed E-state index contributed by atoms with van der Waals surface area (Å²) in [5, 5.41) is 2.72. The first-order valence-corrected chi connectivity index (χ1v) is 8.59. The van der Waals surface area contributed by atoms with Gasteiger partial charge in [-0.2, -0.15) is 0 Å². The van der Waals surface area contributed by atoms with E-state index in [1.165, 1.54) is 11.8 Å². The molecule has 3 aromatic rings. The Labute approximate surface area is 136 Å². The van der Waals surface area contributed by atoms with Crippen LogP contribution in [-0.2, 0) is 18.4 Å². The Morgan fingerprint density at radius 2 is 2.27 bits per heavy atom. The second kappa shape index (κ2) is 6.50. The number of benzene rings is 1. The Kier molecular flexibility index (Phi) is 4.44. The third kappa shape index (κ3) is 3.31. The molecule has 0 unspecified atom stereocenters. The topological polar surface area (TPSA) is 59.8 Å². The summed E-state index contributed by atoms with van der Waals surface area (Å²) in [5.41, 5.74) is 0.982. The molecule has 0 aliphatic rings. The van der Waals surface area contributed by atoms with Crippen molar-refractivity contribution in [3.8, 4) is 0 Å². The SMILES string of the molecule is C[C@H](Sc1nc2ccccc2s1)C(=O)NCc1nccn1C. The van der Waals surface area contributed by atoms with Gasteiger partial charge >= 0.3 is 0 Å². The molecule has 0 spiro atoms. The zero-order valence-corrected chi connectivity index (χ0v) is 13.9. The minimum atomic E-state index is -0.194. The van der Waals surface area contributed by atoms with E-state index in [0.29, 0.717) is 6.54 Å². The molecule has 0 aliphatic heterocycles. The van der Waals surface area contributed by atoms with Gasteiger partial charge in [0.2, 0.25) is 5.91 Å². The predicted molar refractivity (Wildman–Crippen MR) is 90.0 cm³/mol. The quantitative estimate of drug-likeness (QED) is 0.730. The first kappa shape index (κ1) is 15.1. The Balaban J connectivity index is 1.59. The maximum absolute atomic E-state index is 12.2. The van der Waals surface area contributed by atoms with Crippen LogP contribution < -0.4 is 5.32 Å². The van der Waals surface area contributed by atoms with Crippen LogP contribution in [0.1, 0.15) is 12.7 Å². The van der Waals surface area contributed by atoms with Crippen LogP contribution in [0.2, 0.25) is 0 Å². The van der Waals surface area contributed by atoms with Gasteiger partial charge < -0.3 is 9.88 Å². The summed E-state index contributed by atoms with van der Waals surface area (Å²) in [6.07, 6.45) is 3.58. The van der Waals surface area contributed by atoms with Crippen LogP contribution in [-0.4, -0.2) is 25.7 Å². The molecule has 1 N–H and O–H groups in total. The average Bonchev–Trinajstić information content (AvgIpc) is 3.10. The molecule has 1 atom stereocenters. The number of amides is 1. The second-order valence-corrected chi connectivity index (χ2v) is 7.50. The van der Waals surface area contributed by atoms with Gasteiger partial charge in [-0.15, -0.1) is 11.3 Å². The molecule has 22 heavy (non-hydrogen) atoms. The van der Waals surface area contributed by atoms with Crippen molar-refractivity contribution in [2.24, 2.45) is 7.05 Å². The van der Waals surface area contributed by atoms with Gasteiger partial charge in [-0.1, -0.05) is 23.9 Å². The maximum Gasteiger partial charge on any atom is 0.233 e. The number of nitrogens with one attached hydrogen (secondary N) is 1. The fourth-order valence-electron chi connectivity index (χ4n) is 1.98. The highest BCUT2D eigenvalue weighted by atomic mass is 32.2. The van der Waals surface area contributed by atoms with E-state index in [1.54, 1.807) is 17.5 Å². The first-order valence-electron chi connectivity index (χ1n) is 6.89. The van der Waals surface area contributed by atoms with Crippen LogP contribution >= 0.6 is 23.1 Å². The molecule has 0 saturated carbocycles. The maximum atomic E-state index is 12.2. The molecule has 7 heteroatoms. The largest absolute Gasteiger partial charge is 0.348 e. The van der Waals surface area contributed by atoms with E-state index >= 15 is 0 Å². The lowest BCUT2D eigenvalue weighted by Crippen LogP contribution is -2.31. The van der Waals surface area contributed by atoms with Crippen molar-refractivity contribution in [1.82, 2.24) is 19.9 Å². The van der Waals surface area contributed by atoms with E-state index < -0.39 is 0 Å². The molecule has 114 valence electrons. The number of aryl methyl sites for hydroxylation is 1. The third-order valence-electron chi connectivity index (χ3n) is 3.26. The molecule has 5 nitrogen and oxygen atoms in total. The molecular weight excluding hydrogens is 316 g/mol. The number of carbonyl (C=O) groups is 1. The molecule has 2 aromatic heterocycles. The van der Waals surface area contributed by atoms with E-state index in [4.69, 9.17) is 0 Å². The van der Waals surface area contributed by atoms with E-state index in [9.17, 15) is 4.79 Å². The van der Waals surface area contributed by atoms with E-state index in [-0.39, 0.29) is 11.2 Å². The van der Waals surface area contributed by atoms with E-state index in [2.05, 4.69) is 15.3 Å².